The fourth-order valence-corrected chi connectivity index (χ4v) is 5.15. The van der Waals surface area contributed by atoms with Gasteiger partial charge in [-0.15, -0.1) is 0 Å². The lowest BCUT2D eigenvalue weighted by Gasteiger charge is -2.37. The second-order valence-electron chi connectivity index (χ2n) is 8.33. The quantitative estimate of drug-likeness (QED) is 0.757. The topological polar surface area (TPSA) is 43.3 Å². The summed E-state index contributed by atoms with van der Waals surface area (Å²) in [6.45, 7) is 7.20. The van der Waals surface area contributed by atoms with Crippen LogP contribution in [0.1, 0.15) is 63.3 Å². The first-order valence-electron chi connectivity index (χ1n) is 10.1. The minimum Gasteiger partial charge on any atom is -0.376 e. The van der Waals surface area contributed by atoms with E-state index in [1.165, 1.54) is 12.8 Å². The highest BCUT2D eigenvalue weighted by molar-refractivity contribution is 7.96. The van der Waals surface area contributed by atoms with E-state index in [9.17, 15) is 4.79 Å². The van der Waals surface area contributed by atoms with E-state index >= 15 is 0 Å². The lowest BCUT2D eigenvalue weighted by atomic mass is 9.80. The van der Waals surface area contributed by atoms with Crippen molar-refractivity contribution in [1.82, 2.24) is 9.29 Å². The molecular formula is C21H34N2O2S. The fraction of sp³-hybridized carbons (Fsp3) is 0.762. The van der Waals surface area contributed by atoms with Gasteiger partial charge in [-0.1, -0.05) is 31.9 Å². The van der Waals surface area contributed by atoms with Crippen molar-refractivity contribution in [3.63, 3.8) is 0 Å². The maximum absolute atomic E-state index is 12.8. The average Bonchev–Trinajstić information content (AvgIpc) is 2.64. The Labute approximate surface area is 162 Å². The van der Waals surface area contributed by atoms with E-state index in [0.717, 1.165) is 48.8 Å². The third-order valence-electron chi connectivity index (χ3n) is 6.33. The molecule has 1 aliphatic carbocycles. The summed E-state index contributed by atoms with van der Waals surface area (Å²) < 4.78 is 11.9. The van der Waals surface area contributed by atoms with Gasteiger partial charge in [-0.25, -0.2) is 0 Å². The summed E-state index contributed by atoms with van der Waals surface area (Å²) in [6, 6.07) is 4.44. The van der Waals surface area contributed by atoms with Crippen LogP contribution in [0.4, 0.5) is 0 Å². The van der Waals surface area contributed by atoms with Crippen LogP contribution in [0.15, 0.2) is 16.9 Å². The number of hydrogen-bond donors (Lipinski definition) is 1. The Kier molecular flexibility index (Phi) is 6.87. The molecule has 1 aliphatic heterocycles. The largest absolute Gasteiger partial charge is 0.376 e. The van der Waals surface area contributed by atoms with E-state index in [1.807, 2.05) is 17.6 Å². The van der Waals surface area contributed by atoms with Crippen LogP contribution in [-0.2, 0) is 11.2 Å². The van der Waals surface area contributed by atoms with Crippen LogP contribution >= 0.6 is 11.9 Å². The Morgan fingerprint density at radius 2 is 1.96 bits per heavy atom. The highest BCUT2D eigenvalue weighted by Gasteiger charge is 2.32. The summed E-state index contributed by atoms with van der Waals surface area (Å²) in [5, 5.41) is 0. The summed E-state index contributed by atoms with van der Waals surface area (Å²) in [7, 11) is 0. The minimum absolute atomic E-state index is 0.0847. The number of rotatable bonds is 6. The molecule has 146 valence electrons. The van der Waals surface area contributed by atoms with Crippen molar-refractivity contribution in [1.29, 1.82) is 0 Å². The van der Waals surface area contributed by atoms with E-state index in [2.05, 4.69) is 30.9 Å². The summed E-state index contributed by atoms with van der Waals surface area (Å²) in [6.07, 6.45) is 9.27. The van der Waals surface area contributed by atoms with Gasteiger partial charge in [0.15, 0.2) is 0 Å². The zero-order chi connectivity index (χ0) is 18.7. The molecule has 0 saturated heterocycles. The van der Waals surface area contributed by atoms with Crippen LogP contribution in [-0.4, -0.2) is 29.6 Å². The van der Waals surface area contributed by atoms with Crippen molar-refractivity contribution >= 4 is 11.9 Å². The van der Waals surface area contributed by atoms with E-state index in [0.29, 0.717) is 12.7 Å². The van der Waals surface area contributed by atoms with Gasteiger partial charge in [0.05, 0.1) is 18.8 Å². The average molecular weight is 379 g/mol. The van der Waals surface area contributed by atoms with Gasteiger partial charge in [0.2, 0.25) is 0 Å². The summed E-state index contributed by atoms with van der Waals surface area (Å²) in [5.41, 5.74) is 2.12. The molecule has 2 atom stereocenters. The normalized spacial score (nSPS) is 29.0. The van der Waals surface area contributed by atoms with Crippen molar-refractivity contribution in [2.24, 2.45) is 11.8 Å². The molecule has 1 aromatic rings. The highest BCUT2D eigenvalue weighted by atomic mass is 32.2. The Morgan fingerprint density at radius 3 is 2.62 bits per heavy atom. The van der Waals surface area contributed by atoms with Crippen molar-refractivity contribution in [3.05, 3.63) is 33.7 Å². The third kappa shape index (κ3) is 4.37. The molecule has 26 heavy (non-hydrogen) atoms. The van der Waals surface area contributed by atoms with Gasteiger partial charge in [-0.3, -0.25) is 9.52 Å². The van der Waals surface area contributed by atoms with Crippen LogP contribution in [0, 0.1) is 18.8 Å². The maximum Gasteiger partial charge on any atom is 0.254 e. The molecule has 3 rings (SSSR count). The lowest BCUT2D eigenvalue weighted by molar-refractivity contribution is -0.0102. The SMILES string of the molecule is CSNC1CCc2ccc(C)c(=O)n2C1COC1CCC(C(C)C)CC1. The van der Waals surface area contributed by atoms with Gasteiger partial charge >= 0.3 is 0 Å². The second kappa shape index (κ2) is 8.94. The number of fused-ring (bicyclic) bond motifs is 1. The molecule has 2 heterocycles. The Bertz CT molecular complexity index is 650. The van der Waals surface area contributed by atoms with E-state index in [-0.39, 0.29) is 17.6 Å². The molecule has 1 fully saturated rings. The first kappa shape index (κ1) is 20.0. The molecule has 0 bridgehead atoms. The van der Waals surface area contributed by atoms with E-state index < -0.39 is 0 Å². The first-order chi connectivity index (χ1) is 12.5. The zero-order valence-corrected chi connectivity index (χ0v) is 17.5. The predicted molar refractivity (Wildman–Crippen MR) is 110 cm³/mol. The molecule has 0 radical (unpaired) electrons. The van der Waals surface area contributed by atoms with Crippen molar-refractivity contribution in [2.75, 3.05) is 12.9 Å². The fourth-order valence-electron chi connectivity index (χ4n) is 4.57. The molecular weight excluding hydrogens is 344 g/mol. The molecule has 0 amide bonds. The summed E-state index contributed by atoms with van der Waals surface area (Å²) >= 11 is 1.64. The number of nitrogens with one attached hydrogen (secondary N) is 1. The number of nitrogens with zero attached hydrogens (tertiary/aromatic N) is 1. The van der Waals surface area contributed by atoms with Crippen LogP contribution in [0.2, 0.25) is 0 Å². The van der Waals surface area contributed by atoms with E-state index in [1.54, 1.807) is 11.9 Å². The van der Waals surface area contributed by atoms with Gasteiger partial charge in [0.25, 0.3) is 5.56 Å². The maximum atomic E-state index is 12.8. The molecule has 0 spiro atoms. The van der Waals surface area contributed by atoms with Crippen LogP contribution in [0.3, 0.4) is 0 Å². The molecule has 1 aromatic heterocycles. The molecule has 2 unspecified atom stereocenters. The molecule has 5 heteroatoms. The molecule has 1 saturated carbocycles. The Balaban J connectivity index is 1.71. The van der Waals surface area contributed by atoms with Gasteiger partial charge < -0.3 is 9.30 Å². The van der Waals surface area contributed by atoms with Crippen LogP contribution in [0.25, 0.3) is 0 Å². The van der Waals surface area contributed by atoms with Gasteiger partial charge in [0.1, 0.15) is 0 Å². The predicted octanol–water partition coefficient (Wildman–Crippen LogP) is 4.11. The first-order valence-corrected chi connectivity index (χ1v) is 11.3. The van der Waals surface area contributed by atoms with E-state index in [4.69, 9.17) is 4.74 Å². The summed E-state index contributed by atoms with van der Waals surface area (Å²) in [4.78, 5) is 12.8. The van der Waals surface area contributed by atoms with Gasteiger partial charge in [-0.2, -0.15) is 0 Å². The van der Waals surface area contributed by atoms with Crippen LogP contribution in [0.5, 0.6) is 0 Å². The minimum atomic E-state index is 0.0847. The standard InChI is InChI=1S/C21H34N2O2S/c1-14(2)16-6-10-18(11-7-16)25-13-20-19(22-26-4)12-9-17-8-5-15(3)21(24)23(17)20/h5,8,14,16,18-20,22H,6-7,9-13H2,1-4H3. The zero-order valence-electron chi connectivity index (χ0n) is 16.7. The number of aryl methyl sites for hydroxylation is 2. The van der Waals surface area contributed by atoms with Gasteiger partial charge in [-0.05, 0) is 69.6 Å². The number of aromatic nitrogens is 1. The summed E-state index contributed by atoms with van der Waals surface area (Å²) in [5.74, 6) is 1.62. The van der Waals surface area contributed by atoms with Crippen molar-refractivity contribution in [3.8, 4) is 0 Å². The Hall–Kier alpha value is -0.780. The number of pyridine rings is 1. The highest BCUT2D eigenvalue weighted by Crippen LogP contribution is 2.32. The Morgan fingerprint density at radius 1 is 1.23 bits per heavy atom. The molecule has 0 aromatic carbocycles. The molecule has 1 N–H and O–H groups in total. The monoisotopic (exact) mass is 378 g/mol. The second-order valence-corrected chi connectivity index (χ2v) is 8.98. The van der Waals surface area contributed by atoms with Crippen LogP contribution < -0.4 is 10.3 Å². The molecule has 4 nitrogen and oxygen atoms in total. The van der Waals surface area contributed by atoms with Crippen molar-refractivity contribution < 1.29 is 4.74 Å². The number of ether oxygens (including phenoxy) is 1. The van der Waals surface area contributed by atoms with Gasteiger partial charge in [0, 0.05) is 17.3 Å². The smallest absolute Gasteiger partial charge is 0.254 e. The van der Waals surface area contributed by atoms with Crippen molar-refractivity contribution in [2.45, 2.75) is 77.5 Å². The number of hydrogen-bond acceptors (Lipinski definition) is 4. The lowest BCUT2D eigenvalue weighted by Crippen LogP contribution is -2.46. The molecule has 2 aliphatic rings. The third-order valence-corrected chi connectivity index (χ3v) is 6.87.